The Morgan fingerprint density at radius 2 is 1.55 bits per heavy atom. The zero-order valence-corrected chi connectivity index (χ0v) is 45.8. The van der Waals surface area contributed by atoms with Crippen molar-refractivity contribution in [2.45, 2.75) is 108 Å². The zero-order valence-electron chi connectivity index (χ0n) is 44.1. The Kier molecular flexibility index (Phi) is 18.7. The van der Waals surface area contributed by atoms with E-state index in [-0.39, 0.29) is 54.6 Å². The van der Waals surface area contributed by atoms with Crippen LogP contribution in [0.15, 0.2) is 112 Å². The average molecular weight is 1070 g/mol. The van der Waals surface area contributed by atoms with E-state index in [4.69, 9.17) is 4.42 Å². The molecule has 0 spiro atoms. The van der Waals surface area contributed by atoms with Gasteiger partial charge in [-0.25, -0.2) is 26.8 Å². The lowest BCUT2D eigenvalue weighted by atomic mass is 9.93. The minimum Gasteiger partial charge on any atom is -0.456 e. The third-order valence-corrected chi connectivity index (χ3v) is 16.4. The normalized spacial score (nSPS) is 14.4. The number of likely N-dealkylation sites (tertiary alicyclic amines) is 1. The first-order chi connectivity index (χ1) is 35.8. The number of imidazole rings is 1. The smallest absolute Gasteiger partial charge is 0.295 e. The van der Waals surface area contributed by atoms with Crippen molar-refractivity contribution < 1.29 is 44.8 Å². The number of aromatic nitrogens is 2. The van der Waals surface area contributed by atoms with Gasteiger partial charge in [0.15, 0.2) is 0 Å². The van der Waals surface area contributed by atoms with Gasteiger partial charge in [0.1, 0.15) is 59.8 Å². The fraction of sp³-hybridized carbons (Fsp3) is 0.436. The van der Waals surface area contributed by atoms with E-state index in [0.717, 1.165) is 80.5 Å². The molecule has 0 unspecified atom stereocenters. The number of carbonyl (C=O) groups excluding carboxylic acids is 3. The highest BCUT2D eigenvalue weighted by Gasteiger charge is 2.32. The van der Waals surface area contributed by atoms with Gasteiger partial charge in [0.2, 0.25) is 39.4 Å². The van der Waals surface area contributed by atoms with Crippen LogP contribution in [0.1, 0.15) is 78.0 Å². The molecule has 1 fully saturated rings. The van der Waals surface area contributed by atoms with Crippen molar-refractivity contribution in [1.82, 2.24) is 34.7 Å². The Bertz CT molecular complexity index is 3250. The number of nitrogens with one attached hydrogen (secondary N) is 4. The predicted molar refractivity (Wildman–Crippen MR) is 290 cm³/mol. The molecule has 2 atom stereocenters. The summed E-state index contributed by atoms with van der Waals surface area (Å²) in [6.45, 7) is 14.6. The van der Waals surface area contributed by atoms with Gasteiger partial charge < -0.3 is 30.2 Å². The number of fused-ring (bicyclic) bond motifs is 2. The van der Waals surface area contributed by atoms with Gasteiger partial charge in [-0.3, -0.25) is 18.9 Å². The van der Waals surface area contributed by atoms with Gasteiger partial charge in [0.25, 0.3) is 10.1 Å². The van der Waals surface area contributed by atoms with Crippen LogP contribution in [0.3, 0.4) is 0 Å². The molecule has 1 saturated heterocycles. The van der Waals surface area contributed by atoms with Crippen molar-refractivity contribution in [3.05, 3.63) is 114 Å². The van der Waals surface area contributed by atoms with E-state index in [1.54, 1.807) is 0 Å². The monoisotopic (exact) mass is 1070 g/mol. The average Bonchev–Trinajstić information content (AvgIpc) is 3.72. The summed E-state index contributed by atoms with van der Waals surface area (Å²) in [6.07, 6.45) is 6.24. The minimum atomic E-state index is -5.01. The summed E-state index contributed by atoms with van der Waals surface area (Å²) in [5, 5.41) is 10.3. The number of benzene rings is 4. The van der Waals surface area contributed by atoms with Gasteiger partial charge >= 0.3 is 0 Å². The first-order valence-corrected chi connectivity index (χ1v) is 28.8. The van der Waals surface area contributed by atoms with Gasteiger partial charge in [-0.05, 0) is 116 Å². The molecular formula is C55H73N9O9S2+2. The predicted octanol–water partition coefficient (Wildman–Crippen LogP) is 4.68. The van der Waals surface area contributed by atoms with Crippen LogP contribution in [0.25, 0.3) is 33.4 Å². The number of rotatable bonds is 23. The highest BCUT2D eigenvalue weighted by atomic mass is 32.2. The summed E-state index contributed by atoms with van der Waals surface area (Å²) in [5.41, 5.74) is 4.39. The van der Waals surface area contributed by atoms with E-state index in [9.17, 15) is 35.8 Å². The second-order valence-corrected chi connectivity index (χ2v) is 22.5. The number of amides is 3. The fourth-order valence-corrected chi connectivity index (χ4v) is 11.8. The number of piperidine rings is 1. The molecule has 0 saturated carbocycles. The van der Waals surface area contributed by atoms with Crippen molar-refractivity contribution in [3.8, 4) is 22.5 Å². The molecule has 18 nitrogen and oxygen atoms in total. The van der Waals surface area contributed by atoms with Crippen LogP contribution in [0.4, 0.5) is 5.69 Å². The third-order valence-electron chi connectivity index (χ3n) is 14.1. The van der Waals surface area contributed by atoms with E-state index < -0.39 is 48.9 Å². The van der Waals surface area contributed by atoms with Crippen molar-refractivity contribution in [3.63, 3.8) is 0 Å². The molecule has 5 N–H and O–H groups in total. The lowest BCUT2D eigenvalue weighted by Gasteiger charge is -2.31. The highest BCUT2D eigenvalue weighted by molar-refractivity contribution is 7.89. The third kappa shape index (κ3) is 14.1. The zero-order chi connectivity index (χ0) is 54.0. The number of nitrogens with zero attached hydrogens (tertiary/aromatic N) is 5. The molecule has 2 aliphatic heterocycles. The molecule has 3 aliphatic rings. The van der Waals surface area contributed by atoms with Gasteiger partial charge in [0.05, 0.1) is 18.0 Å². The molecule has 7 rings (SSSR count). The van der Waals surface area contributed by atoms with E-state index in [1.807, 2.05) is 130 Å². The molecule has 0 radical (unpaired) electrons. The van der Waals surface area contributed by atoms with Gasteiger partial charge in [-0.2, -0.15) is 8.42 Å². The van der Waals surface area contributed by atoms with Gasteiger partial charge in [-0.15, -0.1) is 0 Å². The first-order valence-electron chi connectivity index (χ1n) is 25.9. The molecule has 3 aromatic carbocycles. The molecule has 1 aromatic heterocycles. The van der Waals surface area contributed by atoms with Crippen molar-refractivity contribution in [2.24, 2.45) is 7.05 Å². The van der Waals surface area contributed by atoms with Gasteiger partial charge in [-0.1, -0.05) is 36.4 Å². The Morgan fingerprint density at radius 1 is 0.840 bits per heavy atom. The van der Waals surface area contributed by atoms with Crippen LogP contribution >= 0.6 is 0 Å². The van der Waals surface area contributed by atoms with E-state index >= 15 is 0 Å². The Labute approximate surface area is 441 Å². The number of sulfonamides is 1. The molecule has 402 valence electrons. The van der Waals surface area contributed by atoms with Crippen LogP contribution in [-0.4, -0.2) is 120 Å². The Hall–Kier alpha value is -6.45. The standard InChI is InChI=1S/C55H71N9O9S2/c1-8-63(9-2)41-20-23-45-50(32-41)73-51-33-42(64(10-3)11-4)21-24-46(51)53(45)47-25-22-44(34-52(47)75(70,71)72)74(68,69)56-28-16-15-19-48(57-38(5)65)54(66)59-49(55(67)58-40-26-29-60(6)30-27-40)31-43-36-62(37-61(43)7)35-39-17-13-12-14-18-39/h12-14,17-18,20-25,32-34,36-37,40,48-49,56H,8-11,15-16,19,26-31,35H2,1-7H3,(H2-2,57,58,59,65,66,67,70,71,72)/p+2/t48-,49-/m0/s1. The summed E-state index contributed by atoms with van der Waals surface area (Å²) in [4.78, 5) is 43.9. The number of unbranched alkanes of at least 4 members (excludes halogenated alkanes) is 1. The van der Waals surface area contributed by atoms with Crippen LogP contribution < -0.4 is 40.1 Å². The second kappa shape index (κ2) is 24.9. The number of anilines is 1. The maximum atomic E-state index is 14.1. The maximum Gasteiger partial charge on any atom is 0.295 e. The van der Waals surface area contributed by atoms with Crippen molar-refractivity contribution in [2.75, 3.05) is 57.8 Å². The van der Waals surface area contributed by atoms with E-state index in [0.29, 0.717) is 34.4 Å². The van der Waals surface area contributed by atoms with Crippen molar-refractivity contribution in [1.29, 1.82) is 0 Å². The summed E-state index contributed by atoms with van der Waals surface area (Å²) in [5.74, 6) is -0.862. The topological polar surface area (TPSA) is 219 Å². The molecule has 1 aliphatic carbocycles. The summed E-state index contributed by atoms with van der Waals surface area (Å²) in [7, 11) is -5.44. The number of carbonyl (C=O) groups is 3. The number of aryl methyl sites for hydroxylation is 1. The highest BCUT2D eigenvalue weighted by Crippen LogP contribution is 2.43. The van der Waals surface area contributed by atoms with Crippen LogP contribution in [0.5, 0.6) is 0 Å². The molecule has 3 amide bonds. The second-order valence-electron chi connectivity index (χ2n) is 19.3. The lowest BCUT2D eigenvalue weighted by Crippen LogP contribution is -2.56. The summed E-state index contributed by atoms with van der Waals surface area (Å²) in [6, 6.07) is 22.9. The number of hydrogen-bond acceptors (Lipinski definition) is 10. The Balaban J connectivity index is 1.08. The number of hydrogen-bond donors (Lipinski definition) is 5. The minimum absolute atomic E-state index is 0.0594. The largest absolute Gasteiger partial charge is 0.456 e. The Morgan fingerprint density at radius 3 is 2.21 bits per heavy atom. The van der Waals surface area contributed by atoms with Crippen LogP contribution in [0, 0.1) is 0 Å². The van der Waals surface area contributed by atoms with Crippen molar-refractivity contribution >= 4 is 54.5 Å². The molecule has 20 heteroatoms. The van der Waals surface area contributed by atoms with E-state index in [1.165, 1.54) is 19.1 Å². The molecule has 4 aromatic rings. The molecule has 0 bridgehead atoms. The molecule has 3 heterocycles. The van der Waals surface area contributed by atoms with Crippen LogP contribution in [-0.2, 0) is 54.5 Å². The SMILES string of the molecule is CCN(CC)c1ccc2c(-c3ccc(S(=O)(=O)NCCCC[C@H](NC(C)=O)C(=O)N[C@@H](Cc4c[n+](Cc5ccccc5)cn4C)C(=O)NC4CCN(C)CC4)cc3S(=O)(=O)O)c3ccc(=[N+](CC)CC)cc-3oc2c1. The van der Waals surface area contributed by atoms with E-state index in [2.05, 4.69) is 35.0 Å². The molecule has 75 heavy (non-hydrogen) atoms. The quantitative estimate of drug-likeness (QED) is 0.0257. The van der Waals surface area contributed by atoms with Crippen LogP contribution in [0.2, 0.25) is 0 Å². The summed E-state index contributed by atoms with van der Waals surface area (Å²) < 4.78 is 80.3. The fourth-order valence-electron chi connectivity index (χ4n) is 9.93. The first kappa shape index (κ1) is 56.3. The summed E-state index contributed by atoms with van der Waals surface area (Å²) >= 11 is 0. The lowest BCUT2D eigenvalue weighted by molar-refractivity contribution is -0.688. The molecular weight excluding hydrogens is 995 g/mol. The van der Waals surface area contributed by atoms with Gasteiger partial charge in [0, 0.05) is 78.9 Å². The maximum absolute atomic E-state index is 14.1.